The maximum atomic E-state index is 5.16. The van der Waals surface area contributed by atoms with E-state index >= 15 is 0 Å². The molecule has 0 fully saturated rings. The summed E-state index contributed by atoms with van der Waals surface area (Å²) in [5.74, 6) is 0. The fraction of sp³-hybridized carbons (Fsp3) is 0.455. The highest BCUT2D eigenvalue weighted by atomic mass is 79.9. The van der Waals surface area contributed by atoms with Gasteiger partial charge in [0.2, 0.25) is 0 Å². The van der Waals surface area contributed by atoms with Crippen molar-refractivity contribution in [1.29, 1.82) is 0 Å². The van der Waals surface area contributed by atoms with Gasteiger partial charge in [-0.2, -0.15) is 0 Å². The van der Waals surface area contributed by atoms with Gasteiger partial charge in [-0.3, -0.25) is 0 Å². The second-order valence-corrected chi connectivity index (χ2v) is 3.98. The molecule has 2 nitrogen and oxygen atoms in total. The maximum absolute atomic E-state index is 5.16. The van der Waals surface area contributed by atoms with Crippen LogP contribution in [0.5, 0.6) is 0 Å². The van der Waals surface area contributed by atoms with E-state index in [2.05, 4.69) is 34.2 Å². The van der Waals surface area contributed by atoms with Gasteiger partial charge in [0.25, 0.3) is 0 Å². The number of rotatable bonds is 5. The Morgan fingerprint density at radius 2 is 2.21 bits per heavy atom. The highest BCUT2D eigenvalue weighted by Crippen LogP contribution is 2.25. The Labute approximate surface area is 93.8 Å². The Bertz CT molecular complexity index is 289. The van der Waals surface area contributed by atoms with Gasteiger partial charge in [0.15, 0.2) is 0 Å². The molecule has 1 aromatic carbocycles. The van der Waals surface area contributed by atoms with Crippen molar-refractivity contribution in [3.63, 3.8) is 0 Å². The smallest absolute Gasteiger partial charge is 0.0744 e. The number of hydrogen-bond acceptors (Lipinski definition) is 2. The number of methoxy groups -OCH3 is 1. The van der Waals surface area contributed by atoms with E-state index in [1.54, 1.807) is 7.11 Å². The van der Waals surface area contributed by atoms with Crippen molar-refractivity contribution in [2.24, 2.45) is 0 Å². The highest BCUT2D eigenvalue weighted by molar-refractivity contribution is 9.10. The molecule has 1 rings (SSSR count). The molecule has 0 amide bonds. The molecule has 14 heavy (non-hydrogen) atoms. The molecule has 1 aromatic rings. The molecule has 0 radical (unpaired) electrons. The summed E-state index contributed by atoms with van der Waals surface area (Å²) < 4.78 is 6.26. The van der Waals surface area contributed by atoms with Crippen LogP contribution in [0.2, 0.25) is 0 Å². The van der Waals surface area contributed by atoms with E-state index < -0.39 is 0 Å². The first-order valence-corrected chi connectivity index (χ1v) is 5.59. The largest absolute Gasteiger partial charge is 0.385 e. The van der Waals surface area contributed by atoms with E-state index in [-0.39, 0.29) is 0 Å². The van der Waals surface area contributed by atoms with Crippen LogP contribution in [0.15, 0.2) is 22.7 Å². The van der Waals surface area contributed by atoms with Crippen LogP contribution in [0.25, 0.3) is 0 Å². The van der Waals surface area contributed by atoms with Crippen LogP contribution < -0.4 is 5.32 Å². The quantitative estimate of drug-likeness (QED) is 0.873. The zero-order valence-electron chi connectivity index (χ0n) is 8.64. The van der Waals surface area contributed by atoms with Crippen molar-refractivity contribution in [2.75, 3.05) is 19.0 Å². The van der Waals surface area contributed by atoms with Gasteiger partial charge in [-0.15, -0.1) is 0 Å². The Morgan fingerprint density at radius 3 is 2.86 bits per heavy atom. The lowest BCUT2D eigenvalue weighted by molar-refractivity contribution is 0.185. The minimum Gasteiger partial charge on any atom is -0.385 e. The standard InChI is InChI=1S/C11H16BrNO/c1-3-7-13-11-6-4-5-10(12)9(11)8-14-2/h4-6,13H,3,7-8H2,1-2H3. The monoisotopic (exact) mass is 257 g/mol. The van der Waals surface area contributed by atoms with Gasteiger partial charge in [0.05, 0.1) is 6.61 Å². The zero-order valence-corrected chi connectivity index (χ0v) is 10.2. The zero-order chi connectivity index (χ0) is 10.4. The van der Waals surface area contributed by atoms with Gasteiger partial charge in [-0.1, -0.05) is 28.9 Å². The van der Waals surface area contributed by atoms with Crippen molar-refractivity contribution >= 4 is 21.6 Å². The van der Waals surface area contributed by atoms with Crippen LogP contribution in [0.3, 0.4) is 0 Å². The maximum Gasteiger partial charge on any atom is 0.0744 e. The van der Waals surface area contributed by atoms with Gasteiger partial charge < -0.3 is 10.1 Å². The van der Waals surface area contributed by atoms with Gasteiger partial charge in [-0.05, 0) is 18.6 Å². The Morgan fingerprint density at radius 1 is 1.43 bits per heavy atom. The molecule has 78 valence electrons. The minimum atomic E-state index is 0.632. The lowest BCUT2D eigenvalue weighted by atomic mass is 10.2. The number of halogens is 1. The number of ether oxygens (including phenoxy) is 1. The third-order valence-electron chi connectivity index (χ3n) is 1.97. The average molecular weight is 258 g/mol. The third-order valence-corrected chi connectivity index (χ3v) is 2.72. The van der Waals surface area contributed by atoms with Crippen LogP contribution in [-0.2, 0) is 11.3 Å². The van der Waals surface area contributed by atoms with E-state index in [0.29, 0.717) is 6.61 Å². The van der Waals surface area contributed by atoms with Gasteiger partial charge in [0, 0.05) is 29.4 Å². The molecular formula is C11H16BrNO. The molecule has 0 aliphatic heterocycles. The first-order chi connectivity index (χ1) is 6.79. The fourth-order valence-electron chi connectivity index (χ4n) is 1.27. The summed E-state index contributed by atoms with van der Waals surface area (Å²) in [4.78, 5) is 0. The van der Waals surface area contributed by atoms with Crippen molar-refractivity contribution < 1.29 is 4.74 Å². The summed E-state index contributed by atoms with van der Waals surface area (Å²) in [6.07, 6.45) is 1.12. The Balaban J connectivity index is 2.83. The van der Waals surface area contributed by atoms with Gasteiger partial charge >= 0.3 is 0 Å². The summed E-state index contributed by atoms with van der Waals surface area (Å²) in [6.45, 7) is 3.78. The molecule has 0 atom stereocenters. The predicted molar refractivity (Wildman–Crippen MR) is 63.6 cm³/mol. The summed E-state index contributed by atoms with van der Waals surface area (Å²) in [5, 5.41) is 3.38. The number of benzene rings is 1. The first-order valence-electron chi connectivity index (χ1n) is 4.79. The van der Waals surface area contributed by atoms with Crippen molar-refractivity contribution in [3.05, 3.63) is 28.2 Å². The molecule has 0 saturated carbocycles. The number of anilines is 1. The second-order valence-electron chi connectivity index (χ2n) is 3.13. The Hall–Kier alpha value is -0.540. The van der Waals surface area contributed by atoms with E-state index in [1.165, 1.54) is 5.56 Å². The topological polar surface area (TPSA) is 21.3 Å². The Kier molecular flexibility index (Phi) is 4.98. The third kappa shape index (κ3) is 3.00. The van der Waals surface area contributed by atoms with E-state index in [4.69, 9.17) is 4.74 Å². The normalized spacial score (nSPS) is 10.2. The van der Waals surface area contributed by atoms with Crippen LogP contribution in [0.1, 0.15) is 18.9 Å². The summed E-state index contributed by atoms with van der Waals surface area (Å²) >= 11 is 3.52. The molecule has 0 heterocycles. The SMILES string of the molecule is CCCNc1cccc(Br)c1COC. The van der Waals surface area contributed by atoms with Crippen molar-refractivity contribution in [1.82, 2.24) is 0 Å². The van der Waals surface area contributed by atoms with Gasteiger partial charge in [-0.25, -0.2) is 0 Å². The summed E-state index contributed by atoms with van der Waals surface area (Å²) in [5.41, 5.74) is 2.34. The lowest BCUT2D eigenvalue weighted by Crippen LogP contribution is -2.04. The van der Waals surface area contributed by atoms with E-state index in [9.17, 15) is 0 Å². The first kappa shape index (κ1) is 11.5. The predicted octanol–water partition coefficient (Wildman–Crippen LogP) is 3.42. The van der Waals surface area contributed by atoms with Crippen molar-refractivity contribution in [2.45, 2.75) is 20.0 Å². The average Bonchev–Trinajstić information content (AvgIpc) is 2.19. The highest BCUT2D eigenvalue weighted by Gasteiger charge is 2.04. The molecule has 0 aliphatic carbocycles. The van der Waals surface area contributed by atoms with Crippen LogP contribution in [0, 0.1) is 0 Å². The van der Waals surface area contributed by atoms with Crippen LogP contribution in [0.4, 0.5) is 5.69 Å². The van der Waals surface area contributed by atoms with E-state index in [1.807, 2.05) is 12.1 Å². The van der Waals surface area contributed by atoms with Crippen molar-refractivity contribution in [3.8, 4) is 0 Å². The van der Waals surface area contributed by atoms with E-state index in [0.717, 1.165) is 23.1 Å². The number of nitrogens with one attached hydrogen (secondary N) is 1. The van der Waals surface area contributed by atoms with Crippen LogP contribution >= 0.6 is 15.9 Å². The summed E-state index contributed by atoms with van der Waals surface area (Å²) in [6, 6.07) is 6.14. The van der Waals surface area contributed by atoms with Crippen LogP contribution in [-0.4, -0.2) is 13.7 Å². The molecule has 1 N–H and O–H groups in total. The number of hydrogen-bond donors (Lipinski definition) is 1. The summed E-state index contributed by atoms with van der Waals surface area (Å²) in [7, 11) is 1.71. The molecule has 0 spiro atoms. The minimum absolute atomic E-state index is 0.632. The molecule has 0 unspecified atom stereocenters. The van der Waals surface area contributed by atoms with Gasteiger partial charge in [0.1, 0.15) is 0 Å². The molecule has 0 bridgehead atoms. The molecule has 3 heteroatoms. The lowest BCUT2D eigenvalue weighted by Gasteiger charge is -2.12. The molecular weight excluding hydrogens is 242 g/mol. The fourth-order valence-corrected chi connectivity index (χ4v) is 1.76. The molecule has 0 aromatic heterocycles. The molecule has 0 aliphatic rings. The second kappa shape index (κ2) is 6.04. The molecule has 0 saturated heterocycles.